The second-order valence-electron chi connectivity index (χ2n) is 9.47. The van der Waals surface area contributed by atoms with E-state index in [1.54, 1.807) is 0 Å². The van der Waals surface area contributed by atoms with E-state index in [4.69, 9.17) is 0 Å². The molecule has 34 heavy (non-hydrogen) atoms. The molecule has 0 bridgehead atoms. The third-order valence-corrected chi connectivity index (χ3v) is 6.96. The molecular formula is C33H36O. The van der Waals surface area contributed by atoms with Gasteiger partial charge >= 0.3 is 0 Å². The lowest BCUT2D eigenvalue weighted by Crippen LogP contribution is -2.03. The summed E-state index contributed by atoms with van der Waals surface area (Å²) in [6.07, 6.45) is 0. The van der Waals surface area contributed by atoms with Crippen molar-refractivity contribution in [1.29, 1.82) is 0 Å². The largest absolute Gasteiger partial charge is 0.289 e. The molecule has 0 atom stereocenters. The Balaban J connectivity index is 0.000000192. The lowest BCUT2D eigenvalue weighted by molar-refractivity contribution is 0.103. The van der Waals surface area contributed by atoms with Crippen molar-refractivity contribution in [1.82, 2.24) is 0 Å². The zero-order valence-electron chi connectivity index (χ0n) is 21.8. The van der Waals surface area contributed by atoms with Gasteiger partial charge in [-0.15, -0.1) is 0 Å². The Morgan fingerprint density at radius 3 is 1.41 bits per heavy atom. The second kappa shape index (κ2) is 10.7. The molecule has 0 fully saturated rings. The Morgan fingerprint density at radius 2 is 0.941 bits per heavy atom. The van der Waals surface area contributed by atoms with Crippen LogP contribution in [0.1, 0.15) is 60.4 Å². The molecule has 0 N–H and O–H groups in total. The Morgan fingerprint density at radius 1 is 0.471 bits per heavy atom. The van der Waals surface area contributed by atoms with Gasteiger partial charge in [0.1, 0.15) is 0 Å². The van der Waals surface area contributed by atoms with Crippen molar-refractivity contribution >= 4 is 5.78 Å². The normalized spacial score (nSPS) is 10.5. The van der Waals surface area contributed by atoms with E-state index in [2.05, 4.69) is 77.9 Å². The highest BCUT2D eigenvalue weighted by Gasteiger charge is 2.10. The number of benzene rings is 4. The lowest BCUT2D eigenvalue weighted by atomic mass is 9.95. The van der Waals surface area contributed by atoms with Gasteiger partial charge in [-0.3, -0.25) is 4.79 Å². The molecule has 0 saturated heterocycles. The van der Waals surface area contributed by atoms with Crippen LogP contribution in [-0.4, -0.2) is 5.78 Å². The van der Waals surface area contributed by atoms with Crippen molar-refractivity contribution in [2.45, 2.75) is 55.4 Å². The number of hydrogen-bond donors (Lipinski definition) is 0. The molecule has 0 amide bonds. The van der Waals surface area contributed by atoms with Gasteiger partial charge < -0.3 is 0 Å². The maximum absolute atomic E-state index is 12.4. The number of aryl methyl sites for hydroxylation is 7. The van der Waals surface area contributed by atoms with Crippen LogP contribution < -0.4 is 0 Å². The van der Waals surface area contributed by atoms with Crippen molar-refractivity contribution in [3.63, 3.8) is 0 Å². The summed E-state index contributed by atoms with van der Waals surface area (Å²) in [6, 6.07) is 24.9. The minimum atomic E-state index is 0.0983. The van der Waals surface area contributed by atoms with Gasteiger partial charge in [-0.05, 0) is 123 Å². The Labute approximate surface area is 205 Å². The van der Waals surface area contributed by atoms with Gasteiger partial charge in [-0.2, -0.15) is 0 Å². The first-order chi connectivity index (χ1) is 16.1. The van der Waals surface area contributed by atoms with E-state index >= 15 is 0 Å². The molecular weight excluding hydrogens is 412 g/mol. The van der Waals surface area contributed by atoms with Crippen LogP contribution in [0.5, 0.6) is 0 Å². The van der Waals surface area contributed by atoms with Crippen molar-refractivity contribution < 1.29 is 4.79 Å². The number of carbonyl (C=O) groups excluding carboxylic acids is 1. The zero-order chi connectivity index (χ0) is 25.0. The maximum Gasteiger partial charge on any atom is 0.193 e. The molecule has 4 rings (SSSR count). The third kappa shape index (κ3) is 5.72. The zero-order valence-corrected chi connectivity index (χ0v) is 21.8. The third-order valence-electron chi connectivity index (χ3n) is 6.96. The first-order valence-corrected chi connectivity index (χ1v) is 11.9. The molecule has 0 spiro atoms. The number of rotatable bonds is 3. The second-order valence-corrected chi connectivity index (χ2v) is 9.47. The Hall–Kier alpha value is -3.45. The molecule has 0 aliphatic heterocycles. The Kier molecular flexibility index (Phi) is 7.89. The van der Waals surface area contributed by atoms with Crippen LogP contribution in [0, 0.1) is 55.4 Å². The van der Waals surface area contributed by atoms with Crippen LogP contribution in [0.2, 0.25) is 0 Å². The molecule has 0 unspecified atom stereocenters. The van der Waals surface area contributed by atoms with Gasteiger partial charge in [0.2, 0.25) is 0 Å². The van der Waals surface area contributed by atoms with E-state index < -0.39 is 0 Å². The molecule has 0 aliphatic rings. The minimum absolute atomic E-state index is 0.0983. The van der Waals surface area contributed by atoms with Crippen LogP contribution in [0.4, 0.5) is 0 Å². The predicted octanol–water partition coefficient (Wildman–Crippen LogP) is 8.74. The molecule has 0 heterocycles. The molecule has 0 aliphatic carbocycles. The summed E-state index contributed by atoms with van der Waals surface area (Å²) in [7, 11) is 0. The highest BCUT2D eigenvalue weighted by atomic mass is 16.1. The van der Waals surface area contributed by atoms with Gasteiger partial charge in [-0.1, -0.05) is 60.7 Å². The van der Waals surface area contributed by atoms with Gasteiger partial charge in [0, 0.05) is 11.1 Å². The fourth-order valence-electron chi connectivity index (χ4n) is 3.90. The van der Waals surface area contributed by atoms with E-state index in [9.17, 15) is 4.79 Å². The molecule has 1 heteroatoms. The molecule has 174 valence electrons. The van der Waals surface area contributed by atoms with Gasteiger partial charge in [0.15, 0.2) is 5.78 Å². The van der Waals surface area contributed by atoms with E-state index in [1.165, 1.54) is 44.5 Å². The number of carbonyl (C=O) groups is 1. The average Bonchev–Trinajstić information content (AvgIpc) is 2.81. The molecule has 4 aromatic carbocycles. The summed E-state index contributed by atoms with van der Waals surface area (Å²) in [4.78, 5) is 12.4. The average molecular weight is 449 g/mol. The van der Waals surface area contributed by atoms with Crippen LogP contribution in [0.15, 0.2) is 72.8 Å². The predicted molar refractivity (Wildman–Crippen MR) is 146 cm³/mol. The summed E-state index contributed by atoms with van der Waals surface area (Å²) in [5.74, 6) is 0.0983. The van der Waals surface area contributed by atoms with Crippen molar-refractivity contribution in [3.05, 3.63) is 128 Å². The van der Waals surface area contributed by atoms with Crippen molar-refractivity contribution in [2.75, 3.05) is 0 Å². The van der Waals surface area contributed by atoms with E-state index in [0.717, 1.165) is 22.3 Å². The van der Waals surface area contributed by atoms with Crippen LogP contribution >= 0.6 is 0 Å². The Bertz CT molecular complexity index is 1290. The SMILES string of the molecule is Cc1ccc(-c2cccc(C)c2C)cc1C.Cc1ccc(C(=O)c2ccc(C)c(C)c2)cc1C. The smallest absolute Gasteiger partial charge is 0.193 e. The number of ketones is 1. The standard InChI is InChI=1S/C17H18O.C16H18/c1-11-5-7-15(9-13(11)3)17(18)16-8-6-12(2)14(4)10-16;1-11-8-9-15(10-13(11)3)16-7-5-6-12(2)14(16)4/h5-10H,1-4H3;5-10H,1-4H3. The highest BCUT2D eigenvalue weighted by Crippen LogP contribution is 2.27. The van der Waals surface area contributed by atoms with Gasteiger partial charge in [-0.25, -0.2) is 0 Å². The van der Waals surface area contributed by atoms with Crippen LogP contribution in [0.25, 0.3) is 11.1 Å². The fourth-order valence-corrected chi connectivity index (χ4v) is 3.90. The van der Waals surface area contributed by atoms with E-state index in [1.807, 2.05) is 50.2 Å². The fraction of sp³-hybridized carbons (Fsp3) is 0.242. The summed E-state index contributed by atoms with van der Waals surface area (Å²) >= 11 is 0. The quantitative estimate of drug-likeness (QED) is 0.286. The van der Waals surface area contributed by atoms with Crippen molar-refractivity contribution in [3.8, 4) is 11.1 Å². The van der Waals surface area contributed by atoms with Crippen LogP contribution in [-0.2, 0) is 0 Å². The van der Waals surface area contributed by atoms with Gasteiger partial charge in [0.25, 0.3) is 0 Å². The summed E-state index contributed by atoms with van der Waals surface area (Å²) < 4.78 is 0. The van der Waals surface area contributed by atoms with E-state index in [0.29, 0.717) is 0 Å². The molecule has 0 saturated carbocycles. The summed E-state index contributed by atoms with van der Waals surface area (Å²) in [5.41, 5.74) is 14.4. The minimum Gasteiger partial charge on any atom is -0.289 e. The summed E-state index contributed by atoms with van der Waals surface area (Å²) in [5, 5.41) is 0. The lowest BCUT2D eigenvalue weighted by Gasteiger charge is -2.10. The van der Waals surface area contributed by atoms with E-state index in [-0.39, 0.29) is 5.78 Å². The summed E-state index contributed by atoms with van der Waals surface area (Å²) in [6.45, 7) is 16.9. The van der Waals surface area contributed by atoms with Crippen molar-refractivity contribution in [2.24, 2.45) is 0 Å². The highest BCUT2D eigenvalue weighted by molar-refractivity contribution is 6.09. The topological polar surface area (TPSA) is 17.1 Å². The molecule has 4 aromatic rings. The van der Waals surface area contributed by atoms with Crippen LogP contribution in [0.3, 0.4) is 0 Å². The maximum atomic E-state index is 12.4. The first-order valence-electron chi connectivity index (χ1n) is 11.9. The monoisotopic (exact) mass is 448 g/mol. The molecule has 1 nitrogen and oxygen atoms in total. The van der Waals surface area contributed by atoms with Gasteiger partial charge in [0.05, 0.1) is 0 Å². The first kappa shape index (κ1) is 25.2. The molecule has 0 aromatic heterocycles. The molecule has 0 radical (unpaired) electrons. The number of hydrogen-bond acceptors (Lipinski definition) is 1.